The van der Waals surface area contributed by atoms with Crippen LogP contribution < -0.4 is 9.04 Å². The molecule has 0 aliphatic carbocycles. The van der Waals surface area contributed by atoms with Crippen LogP contribution in [-0.2, 0) is 21.4 Å². The van der Waals surface area contributed by atoms with E-state index in [4.69, 9.17) is 4.74 Å². The summed E-state index contributed by atoms with van der Waals surface area (Å²) in [6, 6.07) is 16.4. The van der Waals surface area contributed by atoms with E-state index in [-0.39, 0.29) is 5.91 Å². The third-order valence-electron chi connectivity index (χ3n) is 4.27. The number of rotatable bonds is 8. The molecular weight excluding hydrogens is 364 g/mol. The van der Waals surface area contributed by atoms with Gasteiger partial charge < -0.3 is 9.64 Å². The lowest BCUT2D eigenvalue weighted by Crippen LogP contribution is -2.39. The molecule has 2 aromatic carbocycles. The third kappa shape index (κ3) is 5.72. The van der Waals surface area contributed by atoms with E-state index in [1.54, 1.807) is 36.1 Å². The van der Waals surface area contributed by atoms with Crippen LogP contribution in [-0.4, -0.2) is 45.2 Å². The molecule has 0 aliphatic rings. The van der Waals surface area contributed by atoms with Crippen LogP contribution in [0.1, 0.15) is 19.4 Å². The van der Waals surface area contributed by atoms with Gasteiger partial charge in [-0.15, -0.1) is 0 Å². The molecule has 2 rings (SSSR count). The van der Waals surface area contributed by atoms with Gasteiger partial charge in [0.05, 0.1) is 11.9 Å². The Morgan fingerprint density at radius 3 is 2.19 bits per heavy atom. The smallest absolute Gasteiger partial charge is 0.263 e. The zero-order valence-corrected chi connectivity index (χ0v) is 16.9. The Morgan fingerprint density at radius 2 is 1.67 bits per heavy atom. The van der Waals surface area contributed by atoms with Crippen LogP contribution in [0.5, 0.6) is 5.75 Å². The first kappa shape index (κ1) is 20.8. The number of likely N-dealkylation sites (N-methyl/N-ethyl adjacent to an activating group) is 1. The van der Waals surface area contributed by atoms with Crippen molar-refractivity contribution < 1.29 is 17.9 Å². The summed E-state index contributed by atoms with van der Waals surface area (Å²) in [6.07, 6.45) is 0.497. The summed E-state index contributed by atoms with van der Waals surface area (Å²) in [5.74, 6) is 0.413. The molecule has 0 bridgehead atoms. The fraction of sp³-hybridized carbons (Fsp3) is 0.350. The van der Waals surface area contributed by atoms with Gasteiger partial charge in [0.2, 0.25) is 10.0 Å². The van der Waals surface area contributed by atoms with Gasteiger partial charge in [0.25, 0.3) is 5.91 Å². The molecule has 0 spiro atoms. The maximum absolute atomic E-state index is 12.7. The summed E-state index contributed by atoms with van der Waals surface area (Å²) >= 11 is 0. The second-order valence-corrected chi connectivity index (χ2v) is 8.34. The molecular formula is C20H26N2O4S. The summed E-state index contributed by atoms with van der Waals surface area (Å²) in [4.78, 5) is 14.4. The standard InChI is InChI=1S/C20H26N2O4S/c1-5-22(15-17-9-7-6-8-10-17)20(23)16(2)26-19-13-11-18(12-14-19)21(3)27(4,24)25/h6-14,16H,5,15H2,1-4H3/t16-/m0/s1. The average Bonchev–Trinajstić information content (AvgIpc) is 2.65. The van der Waals surface area contributed by atoms with Gasteiger partial charge >= 0.3 is 0 Å². The number of amides is 1. The number of sulfonamides is 1. The minimum atomic E-state index is -3.32. The van der Waals surface area contributed by atoms with E-state index >= 15 is 0 Å². The summed E-state index contributed by atoms with van der Waals surface area (Å²) in [5, 5.41) is 0. The molecule has 2 aromatic rings. The molecule has 0 unspecified atom stereocenters. The number of hydrogen-bond acceptors (Lipinski definition) is 4. The minimum Gasteiger partial charge on any atom is -0.481 e. The molecule has 1 atom stereocenters. The van der Waals surface area contributed by atoms with E-state index in [2.05, 4.69) is 0 Å². The van der Waals surface area contributed by atoms with Crippen molar-refractivity contribution in [1.82, 2.24) is 4.90 Å². The molecule has 0 aliphatic heterocycles. The van der Waals surface area contributed by atoms with Crippen molar-refractivity contribution in [2.45, 2.75) is 26.5 Å². The van der Waals surface area contributed by atoms with Gasteiger partial charge in [-0.05, 0) is 43.7 Å². The van der Waals surface area contributed by atoms with Gasteiger partial charge in [-0.2, -0.15) is 0 Å². The first-order valence-corrected chi connectivity index (χ1v) is 10.6. The first-order chi connectivity index (χ1) is 12.7. The normalized spacial score (nSPS) is 12.3. The third-order valence-corrected chi connectivity index (χ3v) is 5.47. The van der Waals surface area contributed by atoms with Crippen LogP contribution in [0.25, 0.3) is 0 Å². The molecule has 7 heteroatoms. The number of nitrogens with zero attached hydrogens (tertiary/aromatic N) is 2. The number of anilines is 1. The van der Waals surface area contributed by atoms with Crippen molar-refractivity contribution in [3.63, 3.8) is 0 Å². The maximum atomic E-state index is 12.7. The summed E-state index contributed by atoms with van der Waals surface area (Å²) in [6.45, 7) is 4.76. The van der Waals surface area contributed by atoms with Gasteiger partial charge in [-0.25, -0.2) is 8.42 Å². The number of carbonyl (C=O) groups excluding carboxylic acids is 1. The highest BCUT2D eigenvalue weighted by Gasteiger charge is 2.21. The number of benzene rings is 2. The van der Waals surface area contributed by atoms with E-state index in [0.717, 1.165) is 11.8 Å². The Bertz CT molecular complexity index is 851. The Hall–Kier alpha value is -2.54. The highest BCUT2D eigenvalue weighted by Crippen LogP contribution is 2.21. The fourth-order valence-electron chi connectivity index (χ4n) is 2.59. The van der Waals surface area contributed by atoms with Crippen molar-refractivity contribution in [3.05, 3.63) is 60.2 Å². The zero-order valence-electron chi connectivity index (χ0n) is 16.1. The largest absolute Gasteiger partial charge is 0.481 e. The lowest BCUT2D eigenvalue weighted by molar-refractivity contribution is -0.138. The number of hydrogen-bond donors (Lipinski definition) is 0. The Labute approximate surface area is 161 Å². The molecule has 0 fully saturated rings. The van der Waals surface area contributed by atoms with Gasteiger partial charge in [0, 0.05) is 20.1 Å². The SMILES string of the molecule is CCN(Cc1ccccc1)C(=O)[C@H](C)Oc1ccc(N(C)S(C)(=O)=O)cc1. The van der Waals surface area contributed by atoms with E-state index < -0.39 is 16.1 Å². The van der Waals surface area contributed by atoms with E-state index in [1.807, 2.05) is 37.3 Å². The molecule has 146 valence electrons. The van der Waals surface area contributed by atoms with E-state index in [0.29, 0.717) is 24.5 Å². The zero-order chi connectivity index (χ0) is 20.0. The highest BCUT2D eigenvalue weighted by atomic mass is 32.2. The lowest BCUT2D eigenvalue weighted by Gasteiger charge is -2.25. The van der Waals surface area contributed by atoms with Crippen molar-refractivity contribution in [3.8, 4) is 5.75 Å². The molecule has 0 aromatic heterocycles. The van der Waals surface area contributed by atoms with Gasteiger partial charge in [-0.3, -0.25) is 9.10 Å². The minimum absolute atomic E-state index is 0.0984. The van der Waals surface area contributed by atoms with Crippen LogP contribution in [0.4, 0.5) is 5.69 Å². The second-order valence-electron chi connectivity index (χ2n) is 6.32. The highest BCUT2D eigenvalue weighted by molar-refractivity contribution is 7.92. The summed E-state index contributed by atoms with van der Waals surface area (Å²) < 4.78 is 30.1. The van der Waals surface area contributed by atoms with Crippen molar-refractivity contribution >= 4 is 21.6 Å². The monoisotopic (exact) mass is 390 g/mol. The molecule has 0 saturated heterocycles. The van der Waals surface area contributed by atoms with Crippen LogP contribution in [0.2, 0.25) is 0 Å². The van der Waals surface area contributed by atoms with E-state index in [1.165, 1.54) is 11.4 Å². The summed E-state index contributed by atoms with van der Waals surface area (Å²) in [5.41, 5.74) is 1.59. The van der Waals surface area contributed by atoms with E-state index in [9.17, 15) is 13.2 Å². The lowest BCUT2D eigenvalue weighted by atomic mass is 10.2. The predicted molar refractivity (Wildman–Crippen MR) is 107 cm³/mol. The van der Waals surface area contributed by atoms with Crippen LogP contribution >= 0.6 is 0 Å². The number of carbonyl (C=O) groups is 1. The molecule has 1 amide bonds. The second kappa shape index (κ2) is 8.90. The van der Waals surface area contributed by atoms with Crippen LogP contribution in [0.3, 0.4) is 0 Å². The van der Waals surface area contributed by atoms with Crippen molar-refractivity contribution in [2.24, 2.45) is 0 Å². The predicted octanol–water partition coefficient (Wildman–Crippen LogP) is 2.90. The van der Waals surface area contributed by atoms with Crippen LogP contribution in [0, 0.1) is 0 Å². The quantitative estimate of drug-likeness (QED) is 0.695. The van der Waals surface area contributed by atoms with Crippen LogP contribution in [0.15, 0.2) is 54.6 Å². The first-order valence-electron chi connectivity index (χ1n) is 8.75. The van der Waals surface area contributed by atoms with Crippen molar-refractivity contribution in [1.29, 1.82) is 0 Å². The number of ether oxygens (including phenoxy) is 1. The van der Waals surface area contributed by atoms with Gasteiger partial charge in [0.1, 0.15) is 5.75 Å². The fourth-order valence-corrected chi connectivity index (χ4v) is 3.09. The molecule has 0 radical (unpaired) electrons. The van der Waals surface area contributed by atoms with Crippen molar-refractivity contribution in [2.75, 3.05) is 24.2 Å². The Balaban J connectivity index is 2.02. The topological polar surface area (TPSA) is 66.9 Å². The maximum Gasteiger partial charge on any atom is 0.263 e. The molecule has 6 nitrogen and oxygen atoms in total. The van der Waals surface area contributed by atoms with Gasteiger partial charge in [0.15, 0.2) is 6.10 Å². The molecule has 0 N–H and O–H groups in total. The van der Waals surface area contributed by atoms with Gasteiger partial charge in [-0.1, -0.05) is 30.3 Å². The summed E-state index contributed by atoms with van der Waals surface area (Å²) in [7, 11) is -1.83. The molecule has 0 saturated carbocycles. The Morgan fingerprint density at radius 1 is 1.07 bits per heavy atom. The average molecular weight is 391 g/mol. The Kier molecular flexibility index (Phi) is 6.85. The molecule has 27 heavy (non-hydrogen) atoms. The molecule has 0 heterocycles.